The number of hydrogen-bond donors (Lipinski definition) is 1. The molecule has 0 bridgehead atoms. The number of nitriles is 1. The summed E-state index contributed by atoms with van der Waals surface area (Å²) in [6, 6.07) is 26.9. The quantitative estimate of drug-likeness (QED) is 0.488. The van der Waals surface area contributed by atoms with Crippen LogP contribution in [0.3, 0.4) is 0 Å². The molecular weight excluding hydrogens is 394 g/mol. The fourth-order valence-corrected chi connectivity index (χ4v) is 4.14. The van der Waals surface area contributed by atoms with E-state index in [2.05, 4.69) is 75.7 Å². The Kier molecular flexibility index (Phi) is 5.45. The first-order chi connectivity index (χ1) is 15.7. The Morgan fingerprint density at radius 1 is 0.844 bits per heavy atom. The fourth-order valence-electron chi connectivity index (χ4n) is 4.14. The molecule has 5 nitrogen and oxygen atoms in total. The molecular formula is C27H25N5. The minimum atomic E-state index is 0.665. The van der Waals surface area contributed by atoms with Crippen LogP contribution in [0.4, 0.5) is 17.2 Å². The number of nitrogens with zero attached hydrogens (tertiary/aromatic N) is 4. The number of anilines is 3. The summed E-state index contributed by atoms with van der Waals surface area (Å²) >= 11 is 0. The lowest BCUT2D eigenvalue weighted by Crippen LogP contribution is -2.44. The van der Waals surface area contributed by atoms with Crippen molar-refractivity contribution in [1.29, 1.82) is 5.26 Å². The summed E-state index contributed by atoms with van der Waals surface area (Å²) in [5.41, 5.74) is 5.13. The molecule has 0 atom stereocenters. The highest BCUT2D eigenvalue weighted by Crippen LogP contribution is 2.30. The van der Waals surface area contributed by atoms with Crippen molar-refractivity contribution in [3.05, 3.63) is 84.6 Å². The largest absolute Gasteiger partial charge is 0.369 e. The van der Waals surface area contributed by atoms with Crippen LogP contribution in [0.2, 0.25) is 0 Å². The SMILES string of the molecule is CN1CCN(c2ccc(Nc3nccc4ccc(-c5ccc(C#N)cc5)cc34)cc2)CC1. The highest BCUT2D eigenvalue weighted by molar-refractivity contribution is 5.96. The minimum Gasteiger partial charge on any atom is -0.369 e. The van der Waals surface area contributed by atoms with Crippen molar-refractivity contribution >= 4 is 28.0 Å². The van der Waals surface area contributed by atoms with Gasteiger partial charge in [-0.2, -0.15) is 5.26 Å². The number of pyridine rings is 1. The lowest BCUT2D eigenvalue weighted by Gasteiger charge is -2.34. The second-order valence-electron chi connectivity index (χ2n) is 8.25. The third kappa shape index (κ3) is 4.14. The third-order valence-electron chi connectivity index (χ3n) is 6.11. The first kappa shape index (κ1) is 20.0. The minimum absolute atomic E-state index is 0.665. The number of benzene rings is 3. The van der Waals surface area contributed by atoms with Crippen LogP contribution in [0, 0.1) is 11.3 Å². The van der Waals surface area contributed by atoms with Gasteiger partial charge in [0.25, 0.3) is 0 Å². The molecule has 1 fully saturated rings. The molecule has 3 aromatic carbocycles. The van der Waals surface area contributed by atoms with E-state index in [1.165, 1.54) is 5.69 Å². The molecule has 0 amide bonds. The van der Waals surface area contributed by atoms with E-state index >= 15 is 0 Å². The first-order valence-corrected chi connectivity index (χ1v) is 10.9. The van der Waals surface area contributed by atoms with Crippen LogP contribution in [-0.4, -0.2) is 43.1 Å². The summed E-state index contributed by atoms with van der Waals surface area (Å²) in [4.78, 5) is 9.41. The molecule has 1 saturated heterocycles. The van der Waals surface area contributed by atoms with Gasteiger partial charge < -0.3 is 15.1 Å². The summed E-state index contributed by atoms with van der Waals surface area (Å²) in [6.45, 7) is 4.32. The lowest BCUT2D eigenvalue weighted by atomic mass is 10.0. The van der Waals surface area contributed by atoms with Crippen LogP contribution in [-0.2, 0) is 0 Å². The fraction of sp³-hybridized carbons (Fsp3) is 0.185. The van der Waals surface area contributed by atoms with Gasteiger partial charge in [0.05, 0.1) is 11.6 Å². The van der Waals surface area contributed by atoms with Gasteiger partial charge in [-0.1, -0.05) is 24.3 Å². The van der Waals surface area contributed by atoms with E-state index in [4.69, 9.17) is 5.26 Å². The van der Waals surface area contributed by atoms with Crippen molar-refractivity contribution in [1.82, 2.24) is 9.88 Å². The van der Waals surface area contributed by atoms with Crippen molar-refractivity contribution in [2.75, 3.05) is 43.4 Å². The number of fused-ring (bicyclic) bond motifs is 1. The Hall–Kier alpha value is -3.88. The maximum absolute atomic E-state index is 9.05. The molecule has 0 aliphatic carbocycles. The van der Waals surface area contributed by atoms with Crippen molar-refractivity contribution in [3.8, 4) is 17.2 Å². The van der Waals surface area contributed by atoms with E-state index in [0.717, 1.165) is 59.6 Å². The molecule has 5 heteroatoms. The predicted molar refractivity (Wildman–Crippen MR) is 131 cm³/mol. The summed E-state index contributed by atoms with van der Waals surface area (Å²) in [6.07, 6.45) is 1.84. The average Bonchev–Trinajstić information content (AvgIpc) is 2.85. The molecule has 0 saturated carbocycles. The highest BCUT2D eigenvalue weighted by atomic mass is 15.2. The Labute approximate surface area is 188 Å². The second-order valence-corrected chi connectivity index (χ2v) is 8.25. The Bertz CT molecular complexity index is 1260. The summed E-state index contributed by atoms with van der Waals surface area (Å²) < 4.78 is 0. The zero-order chi connectivity index (χ0) is 21.9. The van der Waals surface area contributed by atoms with E-state index in [0.29, 0.717) is 5.56 Å². The molecule has 158 valence electrons. The number of likely N-dealkylation sites (N-methyl/N-ethyl adjacent to an activating group) is 1. The molecule has 4 aromatic rings. The zero-order valence-electron chi connectivity index (χ0n) is 18.1. The second kappa shape index (κ2) is 8.70. The standard InChI is InChI=1S/C27H25N5/c1-31-14-16-32(17-15-31)25-10-8-24(9-11-25)30-27-26-18-23(7-6-22(26)12-13-29-27)21-4-2-20(19-28)3-5-21/h2-13,18H,14-17H2,1H3,(H,29,30). The van der Waals surface area contributed by atoms with Gasteiger partial charge >= 0.3 is 0 Å². The monoisotopic (exact) mass is 419 g/mol. The molecule has 1 aliphatic heterocycles. The molecule has 1 aliphatic rings. The van der Waals surface area contributed by atoms with E-state index in [9.17, 15) is 0 Å². The van der Waals surface area contributed by atoms with Gasteiger partial charge in [0.15, 0.2) is 0 Å². The molecule has 1 aromatic heterocycles. The summed E-state index contributed by atoms with van der Waals surface area (Å²) in [5.74, 6) is 0.838. The Balaban J connectivity index is 1.40. The number of aromatic nitrogens is 1. The van der Waals surface area contributed by atoms with Gasteiger partial charge in [0, 0.05) is 49.1 Å². The van der Waals surface area contributed by atoms with Crippen LogP contribution in [0.5, 0.6) is 0 Å². The molecule has 5 rings (SSSR count). The number of rotatable bonds is 4. The normalized spacial score (nSPS) is 14.3. The smallest absolute Gasteiger partial charge is 0.138 e. The van der Waals surface area contributed by atoms with Crippen LogP contribution < -0.4 is 10.2 Å². The number of nitrogens with one attached hydrogen (secondary N) is 1. The van der Waals surface area contributed by atoms with Gasteiger partial charge in [0.2, 0.25) is 0 Å². The van der Waals surface area contributed by atoms with E-state index in [-0.39, 0.29) is 0 Å². The van der Waals surface area contributed by atoms with E-state index in [1.54, 1.807) is 0 Å². The zero-order valence-corrected chi connectivity index (χ0v) is 18.1. The van der Waals surface area contributed by atoms with Gasteiger partial charge in [-0.05, 0) is 72.1 Å². The maximum atomic E-state index is 9.05. The number of piperazine rings is 1. The maximum Gasteiger partial charge on any atom is 0.138 e. The first-order valence-electron chi connectivity index (χ1n) is 10.9. The van der Waals surface area contributed by atoms with Crippen LogP contribution in [0.1, 0.15) is 5.56 Å². The molecule has 1 N–H and O–H groups in total. The van der Waals surface area contributed by atoms with Crippen LogP contribution in [0.15, 0.2) is 79.0 Å². The molecule has 0 spiro atoms. The highest BCUT2D eigenvalue weighted by Gasteiger charge is 2.14. The Morgan fingerprint density at radius 2 is 1.56 bits per heavy atom. The van der Waals surface area contributed by atoms with Crippen molar-refractivity contribution in [3.63, 3.8) is 0 Å². The third-order valence-corrected chi connectivity index (χ3v) is 6.11. The molecule has 0 unspecified atom stereocenters. The topological polar surface area (TPSA) is 55.2 Å². The summed E-state index contributed by atoms with van der Waals surface area (Å²) in [7, 11) is 2.17. The molecule has 32 heavy (non-hydrogen) atoms. The van der Waals surface area contributed by atoms with Crippen LogP contribution in [0.25, 0.3) is 21.9 Å². The lowest BCUT2D eigenvalue weighted by molar-refractivity contribution is 0.313. The molecule has 0 radical (unpaired) electrons. The number of hydrogen-bond acceptors (Lipinski definition) is 5. The van der Waals surface area contributed by atoms with Crippen molar-refractivity contribution in [2.45, 2.75) is 0 Å². The Morgan fingerprint density at radius 3 is 2.28 bits per heavy atom. The van der Waals surface area contributed by atoms with Crippen LogP contribution >= 0.6 is 0 Å². The van der Waals surface area contributed by atoms with E-state index < -0.39 is 0 Å². The van der Waals surface area contributed by atoms with Gasteiger partial charge in [0.1, 0.15) is 5.82 Å². The van der Waals surface area contributed by atoms with Crippen molar-refractivity contribution in [2.24, 2.45) is 0 Å². The average molecular weight is 420 g/mol. The van der Waals surface area contributed by atoms with Gasteiger partial charge in [-0.15, -0.1) is 0 Å². The van der Waals surface area contributed by atoms with Gasteiger partial charge in [-0.25, -0.2) is 4.98 Å². The van der Waals surface area contributed by atoms with E-state index in [1.807, 2.05) is 36.5 Å². The van der Waals surface area contributed by atoms with Crippen molar-refractivity contribution < 1.29 is 0 Å². The molecule has 2 heterocycles. The van der Waals surface area contributed by atoms with Gasteiger partial charge in [-0.3, -0.25) is 0 Å². The summed E-state index contributed by atoms with van der Waals surface area (Å²) in [5, 5.41) is 14.7. The predicted octanol–water partition coefficient (Wildman–Crippen LogP) is 5.27.